The zero-order chi connectivity index (χ0) is 14.1. The molecule has 1 amide bonds. The van der Waals surface area contributed by atoms with Gasteiger partial charge in [0.15, 0.2) is 0 Å². The molecule has 7 heteroatoms. The molecule has 0 saturated carbocycles. The minimum Gasteiger partial charge on any atom is -0.327 e. The van der Waals surface area contributed by atoms with Gasteiger partial charge in [0, 0.05) is 12.1 Å². The standard InChI is InChI=1S/C13H13ClN4OS/c1-17-12(19)8-20-13(17)11-7-18(16-15-11)6-9-4-2-3-5-10(9)14/h2-5,7,13H,6,8H2,1H3. The SMILES string of the molecule is CN1C(=O)CSC1c1cn(Cc2ccccc2Cl)nn1. The lowest BCUT2D eigenvalue weighted by molar-refractivity contribution is -0.126. The molecule has 5 nitrogen and oxygen atoms in total. The zero-order valence-electron chi connectivity index (χ0n) is 10.9. The van der Waals surface area contributed by atoms with Crippen molar-refractivity contribution in [3.05, 3.63) is 46.7 Å². The second-order valence-corrected chi connectivity index (χ2v) is 6.08. The first kappa shape index (κ1) is 13.5. The van der Waals surface area contributed by atoms with Crippen molar-refractivity contribution < 1.29 is 4.79 Å². The molecule has 1 unspecified atom stereocenters. The predicted molar refractivity (Wildman–Crippen MR) is 78.5 cm³/mol. The summed E-state index contributed by atoms with van der Waals surface area (Å²) in [5.74, 6) is 0.624. The van der Waals surface area contributed by atoms with Gasteiger partial charge in [-0.1, -0.05) is 35.0 Å². The number of rotatable bonds is 3. The molecule has 3 rings (SSSR count). The highest BCUT2D eigenvalue weighted by atomic mass is 35.5. The van der Waals surface area contributed by atoms with E-state index in [1.54, 1.807) is 28.4 Å². The van der Waals surface area contributed by atoms with E-state index in [1.165, 1.54) is 0 Å². The number of carbonyl (C=O) groups is 1. The molecule has 20 heavy (non-hydrogen) atoms. The Kier molecular flexibility index (Phi) is 3.67. The Balaban J connectivity index is 1.78. The molecule has 1 aliphatic heterocycles. The minimum atomic E-state index is -0.0394. The van der Waals surface area contributed by atoms with Crippen molar-refractivity contribution in [2.24, 2.45) is 0 Å². The third-order valence-electron chi connectivity index (χ3n) is 3.21. The van der Waals surface area contributed by atoms with Gasteiger partial charge in [0.2, 0.25) is 5.91 Å². The van der Waals surface area contributed by atoms with E-state index in [9.17, 15) is 4.79 Å². The smallest absolute Gasteiger partial charge is 0.233 e. The highest BCUT2D eigenvalue weighted by molar-refractivity contribution is 8.00. The summed E-state index contributed by atoms with van der Waals surface area (Å²) in [7, 11) is 1.79. The van der Waals surface area contributed by atoms with Gasteiger partial charge in [0.25, 0.3) is 0 Å². The van der Waals surface area contributed by atoms with Crippen LogP contribution in [0.25, 0.3) is 0 Å². The first-order valence-electron chi connectivity index (χ1n) is 6.16. The van der Waals surface area contributed by atoms with E-state index in [0.717, 1.165) is 11.3 Å². The Hall–Kier alpha value is -1.53. The van der Waals surface area contributed by atoms with Crippen molar-refractivity contribution in [1.29, 1.82) is 0 Å². The fourth-order valence-corrected chi connectivity index (χ4v) is 3.40. The average molecular weight is 309 g/mol. The summed E-state index contributed by atoms with van der Waals surface area (Å²) in [6, 6.07) is 7.66. The second-order valence-electron chi connectivity index (χ2n) is 4.60. The number of halogens is 1. The summed E-state index contributed by atoms with van der Waals surface area (Å²) in [4.78, 5) is 13.2. The van der Waals surface area contributed by atoms with E-state index in [1.807, 2.05) is 30.5 Å². The topological polar surface area (TPSA) is 51.0 Å². The lowest BCUT2D eigenvalue weighted by atomic mass is 10.2. The maximum Gasteiger partial charge on any atom is 0.233 e. The number of benzene rings is 1. The van der Waals surface area contributed by atoms with Gasteiger partial charge in [0.05, 0.1) is 18.5 Å². The van der Waals surface area contributed by atoms with Crippen LogP contribution in [0, 0.1) is 0 Å². The maximum atomic E-state index is 11.5. The van der Waals surface area contributed by atoms with Crippen LogP contribution in [0.4, 0.5) is 0 Å². The Morgan fingerprint density at radius 1 is 1.45 bits per heavy atom. The highest BCUT2D eigenvalue weighted by Gasteiger charge is 2.31. The van der Waals surface area contributed by atoms with Crippen LogP contribution < -0.4 is 0 Å². The predicted octanol–water partition coefficient (Wildman–Crippen LogP) is 2.18. The summed E-state index contributed by atoms with van der Waals surface area (Å²) >= 11 is 7.70. The van der Waals surface area contributed by atoms with Crippen LogP contribution in [0.5, 0.6) is 0 Å². The number of amides is 1. The molecule has 2 aromatic rings. The quantitative estimate of drug-likeness (QED) is 0.872. The van der Waals surface area contributed by atoms with Crippen LogP contribution in [-0.2, 0) is 11.3 Å². The summed E-state index contributed by atoms with van der Waals surface area (Å²) in [5.41, 5.74) is 1.80. The van der Waals surface area contributed by atoms with Crippen LogP contribution in [0.1, 0.15) is 16.6 Å². The molecule has 0 N–H and O–H groups in total. The van der Waals surface area contributed by atoms with Gasteiger partial charge in [-0.25, -0.2) is 4.68 Å². The summed E-state index contributed by atoms with van der Waals surface area (Å²) in [5, 5.41) is 8.95. The van der Waals surface area contributed by atoms with Crippen LogP contribution >= 0.6 is 23.4 Å². The van der Waals surface area contributed by atoms with Gasteiger partial charge in [0.1, 0.15) is 11.1 Å². The molecule has 1 aromatic heterocycles. The summed E-state index contributed by atoms with van der Waals surface area (Å²) in [6.45, 7) is 0.571. The van der Waals surface area contributed by atoms with Crippen molar-refractivity contribution in [2.45, 2.75) is 11.9 Å². The monoisotopic (exact) mass is 308 g/mol. The Morgan fingerprint density at radius 2 is 2.25 bits per heavy atom. The van der Waals surface area contributed by atoms with Gasteiger partial charge in [-0.05, 0) is 11.6 Å². The molecule has 1 atom stereocenters. The van der Waals surface area contributed by atoms with Gasteiger partial charge < -0.3 is 4.90 Å². The second kappa shape index (κ2) is 5.46. The maximum absolute atomic E-state index is 11.5. The number of aromatic nitrogens is 3. The van der Waals surface area contributed by atoms with Gasteiger partial charge >= 0.3 is 0 Å². The molecule has 104 valence electrons. The highest BCUT2D eigenvalue weighted by Crippen LogP contribution is 2.35. The molecule has 1 aromatic carbocycles. The molecule has 0 aliphatic carbocycles. The fourth-order valence-electron chi connectivity index (χ4n) is 2.08. The lowest BCUT2D eigenvalue weighted by Crippen LogP contribution is -2.23. The van der Waals surface area contributed by atoms with E-state index >= 15 is 0 Å². The normalized spacial score (nSPS) is 18.8. The average Bonchev–Trinajstić information content (AvgIpc) is 3.01. The number of hydrogen-bond donors (Lipinski definition) is 0. The third kappa shape index (κ3) is 2.53. The van der Waals surface area contributed by atoms with Crippen molar-refractivity contribution in [3.63, 3.8) is 0 Å². The molecule has 1 aliphatic rings. The Labute approximate surface area is 125 Å². The molecule has 0 bridgehead atoms. The van der Waals surface area contributed by atoms with Crippen LogP contribution in [0.3, 0.4) is 0 Å². The van der Waals surface area contributed by atoms with Crippen LogP contribution in [0.2, 0.25) is 5.02 Å². The molecular formula is C13H13ClN4OS. The number of nitrogens with zero attached hydrogens (tertiary/aromatic N) is 4. The van der Waals surface area contributed by atoms with Crippen molar-refractivity contribution in [1.82, 2.24) is 19.9 Å². The summed E-state index contributed by atoms with van der Waals surface area (Å²) < 4.78 is 1.74. The molecule has 2 heterocycles. The van der Waals surface area contributed by atoms with Gasteiger partial charge in [-0.3, -0.25) is 4.79 Å². The van der Waals surface area contributed by atoms with E-state index in [-0.39, 0.29) is 11.3 Å². The molecular weight excluding hydrogens is 296 g/mol. The fraction of sp³-hybridized carbons (Fsp3) is 0.308. The van der Waals surface area contributed by atoms with E-state index in [4.69, 9.17) is 11.6 Å². The number of carbonyl (C=O) groups excluding carboxylic acids is 1. The van der Waals surface area contributed by atoms with Gasteiger partial charge in [-0.15, -0.1) is 16.9 Å². The number of thioether (sulfide) groups is 1. The molecule has 0 spiro atoms. The van der Waals surface area contributed by atoms with Crippen molar-refractivity contribution in [2.75, 3.05) is 12.8 Å². The molecule has 0 radical (unpaired) electrons. The third-order valence-corrected chi connectivity index (χ3v) is 4.87. The largest absolute Gasteiger partial charge is 0.327 e. The number of hydrogen-bond acceptors (Lipinski definition) is 4. The minimum absolute atomic E-state index is 0.0394. The van der Waals surface area contributed by atoms with Crippen LogP contribution in [-0.4, -0.2) is 38.6 Å². The van der Waals surface area contributed by atoms with E-state index in [0.29, 0.717) is 17.3 Å². The summed E-state index contributed by atoms with van der Waals surface area (Å²) in [6.07, 6.45) is 1.87. The van der Waals surface area contributed by atoms with Crippen LogP contribution in [0.15, 0.2) is 30.5 Å². The Bertz CT molecular complexity index is 645. The van der Waals surface area contributed by atoms with E-state index < -0.39 is 0 Å². The van der Waals surface area contributed by atoms with Crippen molar-refractivity contribution in [3.8, 4) is 0 Å². The Morgan fingerprint density at radius 3 is 2.95 bits per heavy atom. The lowest BCUT2D eigenvalue weighted by Gasteiger charge is -2.15. The van der Waals surface area contributed by atoms with Crippen molar-refractivity contribution >= 4 is 29.3 Å². The zero-order valence-corrected chi connectivity index (χ0v) is 12.4. The molecule has 1 saturated heterocycles. The van der Waals surface area contributed by atoms with Gasteiger partial charge in [-0.2, -0.15) is 0 Å². The first-order valence-corrected chi connectivity index (χ1v) is 7.58. The van der Waals surface area contributed by atoms with E-state index in [2.05, 4.69) is 10.3 Å². The molecule has 1 fully saturated rings. The first-order chi connectivity index (χ1) is 9.65.